The van der Waals surface area contributed by atoms with E-state index in [0.29, 0.717) is 5.41 Å². The first-order chi connectivity index (χ1) is 7.68. The molecule has 1 saturated heterocycles. The molecular weight excluding hydrogens is 200 g/mol. The van der Waals surface area contributed by atoms with E-state index in [0.717, 1.165) is 31.3 Å². The highest BCUT2D eigenvalue weighted by molar-refractivity contribution is 5.33. The van der Waals surface area contributed by atoms with Crippen LogP contribution in [0.15, 0.2) is 12.3 Å². The van der Waals surface area contributed by atoms with Gasteiger partial charge >= 0.3 is 0 Å². The zero-order chi connectivity index (χ0) is 11.4. The number of nitrogens with zero attached hydrogens (tertiary/aromatic N) is 2. The standard InChI is InChI=1S/C12H20N4/c1-10-14-7-4-11(16-10)15-9-12(2)5-3-6-13-8-12/h4,7,13H,3,5-6,8-9H2,1-2H3,(H,14,15,16). The zero-order valence-electron chi connectivity index (χ0n) is 10.1. The molecule has 0 spiro atoms. The van der Waals surface area contributed by atoms with Crippen LogP contribution in [-0.2, 0) is 0 Å². The third-order valence-corrected chi connectivity index (χ3v) is 3.16. The van der Waals surface area contributed by atoms with Crippen LogP contribution in [0.5, 0.6) is 0 Å². The SMILES string of the molecule is Cc1nccc(NCC2(C)CCCNC2)n1. The summed E-state index contributed by atoms with van der Waals surface area (Å²) in [6.45, 7) is 7.44. The molecule has 1 aliphatic heterocycles. The van der Waals surface area contributed by atoms with Crippen LogP contribution in [-0.4, -0.2) is 29.6 Å². The van der Waals surface area contributed by atoms with Gasteiger partial charge in [0.1, 0.15) is 11.6 Å². The van der Waals surface area contributed by atoms with Gasteiger partial charge in [-0.25, -0.2) is 9.97 Å². The Hall–Kier alpha value is -1.16. The summed E-state index contributed by atoms with van der Waals surface area (Å²) in [7, 11) is 0. The molecule has 4 heteroatoms. The van der Waals surface area contributed by atoms with Crippen molar-refractivity contribution in [3.05, 3.63) is 18.1 Å². The maximum absolute atomic E-state index is 4.35. The summed E-state index contributed by atoms with van der Waals surface area (Å²) >= 11 is 0. The summed E-state index contributed by atoms with van der Waals surface area (Å²) < 4.78 is 0. The molecule has 0 bridgehead atoms. The lowest BCUT2D eigenvalue weighted by atomic mass is 9.83. The van der Waals surface area contributed by atoms with Crippen LogP contribution >= 0.6 is 0 Å². The summed E-state index contributed by atoms with van der Waals surface area (Å²) in [4.78, 5) is 8.43. The Bertz CT molecular complexity index is 345. The van der Waals surface area contributed by atoms with Gasteiger partial charge in [0.2, 0.25) is 0 Å². The number of anilines is 1. The first kappa shape index (κ1) is 11.3. The van der Waals surface area contributed by atoms with Crippen molar-refractivity contribution in [2.75, 3.05) is 25.0 Å². The fourth-order valence-corrected chi connectivity index (χ4v) is 2.13. The smallest absolute Gasteiger partial charge is 0.129 e. The minimum atomic E-state index is 0.344. The topological polar surface area (TPSA) is 49.8 Å². The Morgan fingerprint density at radius 3 is 3.12 bits per heavy atom. The molecule has 2 rings (SSSR count). The lowest BCUT2D eigenvalue weighted by Gasteiger charge is -2.34. The van der Waals surface area contributed by atoms with E-state index < -0.39 is 0 Å². The second-order valence-electron chi connectivity index (χ2n) is 4.93. The highest BCUT2D eigenvalue weighted by Crippen LogP contribution is 2.25. The second kappa shape index (κ2) is 4.78. The Kier molecular flexibility index (Phi) is 3.39. The third kappa shape index (κ3) is 2.92. The van der Waals surface area contributed by atoms with E-state index in [9.17, 15) is 0 Å². The predicted molar refractivity (Wildman–Crippen MR) is 65.5 cm³/mol. The third-order valence-electron chi connectivity index (χ3n) is 3.16. The van der Waals surface area contributed by atoms with E-state index in [1.54, 1.807) is 6.20 Å². The molecule has 1 fully saturated rings. The van der Waals surface area contributed by atoms with Crippen LogP contribution in [0.1, 0.15) is 25.6 Å². The average Bonchev–Trinajstić information content (AvgIpc) is 2.28. The van der Waals surface area contributed by atoms with Crippen LogP contribution in [0.25, 0.3) is 0 Å². The van der Waals surface area contributed by atoms with Gasteiger partial charge in [0, 0.05) is 19.3 Å². The van der Waals surface area contributed by atoms with Gasteiger partial charge in [0.15, 0.2) is 0 Å². The second-order valence-corrected chi connectivity index (χ2v) is 4.93. The van der Waals surface area contributed by atoms with Crippen LogP contribution in [0, 0.1) is 12.3 Å². The van der Waals surface area contributed by atoms with Crippen molar-refractivity contribution in [2.24, 2.45) is 5.41 Å². The van der Waals surface area contributed by atoms with Crippen LogP contribution < -0.4 is 10.6 Å². The molecular formula is C12H20N4. The summed E-state index contributed by atoms with van der Waals surface area (Å²) in [5, 5.41) is 6.85. The molecule has 0 saturated carbocycles. The lowest BCUT2D eigenvalue weighted by Crippen LogP contribution is -2.42. The molecule has 2 N–H and O–H groups in total. The van der Waals surface area contributed by atoms with E-state index in [4.69, 9.17) is 0 Å². The maximum atomic E-state index is 4.35. The number of piperidine rings is 1. The number of aromatic nitrogens is 2. The first-order valence-electron chi connectivity index (χ1n) is 5.92. The van der Waals surface area contributed by atoms with Gasteiger partial charge in [-0.2, -0.15) is 0 Å². The number of hydrogen-bond acceptors (Lipinski definition) is 4. The average molecular weight is 220 g/mol. The van der Waals surface area contributed by atoms with Crippen LogP contribution in [0.3, 0.4) is 0 Å². The van der Waals surface area contributed by atoms with E-state index >= 15 is 0 Å². The number of nitrogens with one attached hydrogen (secondary N) is 2. The normalized spacial score (nSPS) is 25.4. The molecule has 1 atom stereocenters. The van der Waals surface area contributed by atoms with Gasteiger partial charge in [0.05, 0.1) is 0 Å². The minimum Gasteiger partial charge on any atom is -0.369 e. The monoisotopic (exact) mass is 220 g/mol. The van der Waals surface area contributed by atoms with Crippen molar-refractivity contribution in [3.8, 4) is 0 Å². The van der Waals surface area contributed by atoms with E-state index in [2.05, 4.69) is 27.5 Å². The quantitative estimate of drug-likeness (QED) is 0.812. The molecule has 0 aliphatic carbocycles. The molecule has 1 aromatic rings. The summed E-state index contributed by atoms with van der Waals surface area (Å²) in [5.74, 6) is 1.75. The molecule has 0 amide bonds. The van der Waals surface area contributed by atoms with E-state index in [1.807, 2.05) is 13.0 Å². The van der Waals surface area contributed by atoms with Gasteiger partial charge in [-0.15, -0.1) is 0 Å². The number of hydrogen-bond donors (Lipinski definition) is 2. The molecule has 0 radical (unpaired) electrons. The summed E-state index contributed by atoms with van der Waals surface area (Å²) in [6, 6.07) is 1.92. The van der Waals surface area contributed by atoms with Crippen LogP contribution in [0.4, 0.5) is 5.82 Å². The van der Waals surface area contributed by atoms with Crippen molar-refractivity contribution in [1.82, 2.24) is 15.3 Å². The van der Waals surface area contributed by atoms with Crippen molar-refractivity contribution in [1.29, 1.82) is 0 Å². The highest BCUT2D eigenvalue weighted by Gasteiger charge is 2.26. The fourth-order valence-electron chi connectivity index (χ4n) is 2.13. The Labute approximate surface area is 96.9 Å². The number of rotatable bonds is 3. The molecule has 16 heavy (non-hydrogen) atoms. The van der Waals surface area contributed by atoms with Gasteiger partial charge in [-0.05, 0) is 37.8 Å². The zero-order valence-corrected chi connectivity index (χ0v) is 10.1. The fraction of sp³-hybridized carbons (Fsp3) is 0.667. The van der Waals surface area contributed by atoms with Crippen molar-refractivity contribution >= 4 is 5.82 Å². The molecule has 1 aliphatic rings. The minimum absolute atomic E-state index is 0.344. The summed E-state index contributed by atoms with van der Waals surface area (Å²) in [6.07, 6.45) is 4.34. The Balaban J connectivity index is 1.91. The Morgan fingerprint density at radius 2 is 2.44 bits per heavy atom. The van der Waals surface area contributed by atoms with Gasteiger partial charge in [-0.3, -0.25) is 0 Å². The maximum Gasteiger partial charge on any atom is 0.129 e. The van der Waals surface area contributed by atoms with E-state index in [1.165, 1.54) is 12.8 Å². The van der Waals surface area contributed by atoms with E-state index in [-0.39, 0.29) is 0 Å². The largest absolute Gasteiger partial charge is 0.369 e. The molecule has 1 unspecified atom stereocenters. The van der Waals surface area contributed by atoms with Crippen molar-refractivity contribution < 1.29 is 0 Å². The Morgan fingerprint density at radius 1 is 1.56 bits per heavy atom. The van der Waals surface area contributed by atoms with Gasteiger partial charge < -0.3 is 10.6 Å². The van der Waals surface area contributed by atoms with Gasteiger partial charge in [0.25, 0.3) is 0 Å². The van der Waals surface area contributed by atoms with Crippen molar-refractivity contribution in [3.63, 3.8) is 0 Å². The van der Waals surface area contributed by atoms with Crippen molar-refractivity contribution in [2.45, 2.75) is 26.7 Å². The lowest BCUT2D eigenvalue weighted by molar-refractivity contribution is 0.253. The highest BCUT2D eigenvalue weighted by atomic mass is 15.0. The van der Waals surface area contributed by atoms with Gasteiger partial charge in [-0.1, -0.05) is 6.92 Å². The molecule has 4 nitrogen and oxygen atoms in total. The molecule has 0 aromatic carbocycles. The first-order valence-corrected chi connectivity index (χ1v) is 5.92. The molecule has 2 heterocycles. The molecule has 1 aromatic heterocycles. The van der Waals surface area contributed by atoms with Crippen LogP contribution in [0.2, 0.25) is 0 Å². The molecule has 88 valence electrons. The summed E-state index contributed by atoms with van der Waals surface area (Å²) in [5.41, 5.74) is 0.344. The number of aryl methyl sites for hydroxylation is 1. The predicted octanol–water partition coefficient (Wildman–Crippen LogP) is 1.59.